The van der Waals surface area contributed by atoms with Gasteiger partial charge in [0.2, 0.25) is 5.91 Å². The third-order valence-electron chi connectivity index (χ3n) is 4.61. The number of aromatic nitrogens is 2. The van der Waals surface area contributed by atoms with E-state index in [1.54, 1.807) is 13.3 Å². The predicted octanol–water partition coefficient (Wildman–Crippen LogP) is 1.67. The van der Waals surface area contributed by atoms with E-state index in [1.165, 1.54) is 0 Å². The van der Waals surface area contributed by atoms with Gasteiger partial charge in [-0.05, 0) is 18.1 Å². The van der Waals surface area contributed by atoms with Crippen molar-refractivity contribution in [3.63, 3.8) is 0 Å². The molecule has 124 valence electrons. The number of benzene rings is 1. The molecule has 1 saturated heterocycles. The van der Waals surface area contributed by atoms with Crippen LogP contribution in [-0.4, -0.2) is 35.0 Å². The molecule has 1 fully saturated rings. The number of hydrogen-bond acceptors (Lipinski definition) is 5. The summed E-state index contributed by atoms with van der Waals surface area (Å²) in [5.41, 5.74) is 3.23. The highest BCUT2D eigenvalue weighted by Gasteiger charge is 2.28. The van der Waals surface area contributed by atoms with Crippen LogP contribution in [0.1, 0.15) is 30.2 Å². The van der Waals surface area contributed by atoms with Crippen LogP contribution in [-0.2, 0) is 17.8 Å². The maximum absolute atomic E-state index is 11.3. The van der Waals surface area contributed by atoms with Crippen molar-refractivity contribution in [2.75, 3.05) is 18.0 Å². The second-order valence-corrected chi connectivity index (χ2v) is 6.33. The lowest BCUT2D eigenvalue weighted by Gasteiger charge is -2.21. The summed E-state index contributed by atoms with van der Waals surface area (Å²) in [6.45, 7) is 3.70. The standard InChI is InChI=1S/C18H20N4O2/c1-12(23)21-14-6-7-22(9-14)18-15-8-13-4-2-3-5-17(13)24-10-16(15)19-11-20-18/h2-5,11,14H,6-10H2,1H3,(H,21,23). The van der Waals surface area contributed by atoms with Gasteiger partial charge >= 0.3 is 0 Å². The number of carbonyl (C=O) groups excluding carboxylic acids is 1. The number of amides is 1. The zero-order chi connectivity index (χ0) is 16.5. The Balaban J connectivity index is 1.64. The third-order valence-corrected chi connectivity index (χ3v) is 4.61. The Morgan fingerprint density at radius 2 is 2.21 bits per heavy atom. The van der Waals surface area contributed by atoms with Gasteiger partial charge in [-0.15, -0.1) is 0 Å². The van der Waals surface area contributed by atoms with Gasteiger partial charge in [-0.2, -0.15) is 0 Å². The van der Waals surface area contributed by atoms with Crippen molar-refractivity contribution >= 4 is 11.7 Å². The monoisotopic (exact) mass is 324 g/mol. The molecule has 1 amide bonds. The molecule has 2 aromatic rings. The predicted molar refractivity (Wildman–Crippen MR) is 90.0 cm³/mol. The van der Waals surface area contributed by atoms with E-state index in [4.69, 9.17) is 4.74 Å². The molecule has 0 saturated carbocycles. The largest absolute Gasteiger partial charge is 0.487 e. The zero-order valence-electron chi connectivity index (χ0n) is 13.7. The molecular weight excluding hydrogens is 304 g/mol. The molecule has 1 N–H and O–H groups in total. The normalized spacial score (nSPS) is 19.0. The number of anilines is 1. The number of hydrogen-bond donors (Lipinski definition) is 1. The van der Waals surface area contributed by atoms with Crippen LogP contribution in [0, 0.1) is 0 Å². The summed E-state index contributed by atoms with van der Waals surface area (Å²) in [6.07, 6.45) is 3.31. The van der Waals surface area contributed by atoms with Gasteiger partial charge in [0.25, 0.3) is 0 Å². The van der Waals surface area contributed by atoms with Gasteiger partial charge in [0.05, 0.1) is 5.69 Å². The maximum Gasteiger partial charge on any atom is 0.217 e. The van der Waals surface area contributed by atoms with Crippen LogP contribution in [0.3, 0.4) is 0 Å². The molecule has 6 heteroatoms. The molecule has 1 atom stereocenters. The van der Waals surface area contributed by atoms with Crippen molar-refractivity contribution in [1.29, 1.82) is 0 Å². The Bertz CT molecular complexity index is 777. The van der Waals surface area contributed by atoms with Crippen LogP contribution in [0.2, 0.25) is 0 Å². The van der Waals surface area contributed by atoms with Crippen LogP contribution in [0.5, 0.6) is 5.75 Å². The molecule has 6 nitrogen and oxygen atoms in total. The van der Waals surface area contributed by atoms with Crippen LogP contribution < -0.4 is 15.0 Å². The number of nitrogens with zero attached hydrogens (tertiary/aromatic N) is 3. The first-order chi connectivity index (χ1) is 11.7. The number of ether oxygens (including phenoxy) is 1. The van der Waals surface area contributed by atoms with E-state index in [2.05, 4.69) is 26.3 Å². The lowest BCUT2D eigenvalue weighted by atomic mass is 10.0. The fraction of sp³-hybridized carbons (Fsp3) is 0.389. The SMILES string of the molecule is CC(=O)NC1CCN(c2ncnc3c2Cc2ccccc2OC3)C1. The zero-order valence-corrected chi connectivity index (χ0v) is 13.7. The van der Waals surface area contributed by atoms with Crippen molar-refractivity contribution in [1.82, 2.24) is 15.3 Å². The topological polar surface area (TPSA) is 67.4 Å². The van der Waals surface area contributed by atoms with E-state index >= 15 is 0 Å². The maximum atomic E-state index is 11.3. The number of para-hydroxylation sites is 1. The van der Waals surface area contributed by atoms with Gasteiger partial charge in [0.1, 0.15) is 24.5 Å². The highest BCUT2D eigenvalue weighted by Crippen LogP contribution is 2.32. The summed E-state index contributed by atoms with van der Waals surface area (Å²) in [6, 6.07) is 8.28. The lowest BCUT2D eigenvalue weighted by molar-refractivity contribution is -0.119. The molecule has 24 heavy (non-hydrogen) atoms. The molecule has 0 radical (unpaired) electrons. The second-order valence-electron chi connectivity index (χ2n) is 6.33. The van der Waals surface area contributed by atoms with Crippen LogP contribution in [0.4, 0.5) is 5.82 Å². The second kappa shape index (κ2) is 6.11. The molecule has 2 aliphatic heterocycles. The van der Waals surface area contributed by atoms with E-state index in [9.17, 15) is 4.79 Å². The highest BCUT2D eigenvalue weighted by atomic mass is 16.5. The number of nitrogens with one attached hydrogen (secondary N) is 1. The Labute approximate surface area is 140 Å². The Hall–Kier alpha value is -2.63. The average molecular weight is 324 g/mol. The van der Waals surface area contributed by atoms with Gasteiger partial charge in [0.15, 0.2) is 0 Å². The Morgan fingerprint density at radius 1 is 1.33 bits per heavy atom. The number of carbonyl (C=O) groups is 1. The minimum Gasteiger partial charge on any atom is -0.487 e. The summed E-state index contributed by atoms with van der Waals surface area (Å²) in [4.78, 5) is 22.5. The van der Waals surface area contributed by atoms with Crippen LogP contribution in [0.25, 0.3) is 0 Å². The summed E-state index contributed by atoms with van der Waals surface area (Å²) >= 11 is 0. The first-order valence-corrected chi connectivity index (χ1v) is 8.26. The van der Waals surface area contributed by atoms with Gasteiger partial charge in [-0.25, -0.2) is 9.97 Å². The molecule has 0 aliphatic carbocycles. The third kappa shape index (κ3) is 2.79. The summed E-state index contributed by atoms with van der Waals surface area (Å²) < 4.78 is 5.90. The first-order valence-electron chi connectivity index (χ1n) is 8.26. The average Bonchev–Trinajstić information content (AvgIpc) is 2.93. The van der Waals surface area contributed by atoms with Crippen molar-refractivity contribution in [3.05, 3.63) is 47.4 Å². The minimum atomic E-state index is 0.0192. The van der Waals surface area contributed by atoms with E-state index in [-0.39, 0.29) is 11.9 Å². The molecule has 1 unspecified atom stereocenters. The summed E-state index contributed by atoms with van der Waals surface area (Å²) in [5, 5.41) is 3.00. The number of rotatable bonds is 2. The van der Waals surface area contributed by atoms with E-state index < -0.39 is 0 Å². The molecule has 0 spiro atoms. The molecule has 1 aromatic heterocycles. The number of fused-ring (bicyclic) bond motifs is 2. The quantitative estimate of drug-likeness (QED) is 0.910. The van der Waals surface area contributed by atoms with Gasteiger partial charge in [0, 0.05) is 38.0 Å². The molecule has 2 aliphatic rings. The molecular formula is C18H20N4O2. The van der Waals surface area contributed by atoms with Gasteiger partial charge in [-0.3, -0.25) is 4.79 Å². The summed E-state index contributed by atoms with van der Waals surface area (Å²) in [5.74, 6) is 1.90. The van der Waals surface area contributed by atoms with Crippen molar-refractivity contribution in [3.8, 4) is 5.75 Å². The van der Waals surface area contributed by atoms with Crippen LogP contribution in [0.15, 0.2) is 30.6 Å². The Morgan fingerprint density at radius 3 is 3.08 bits per heavy atom. The van der Waals surface area contributed by atoms with E-state index in [0.29, 0.717) is 6.61 Å². The van der Waals surface area contributed by atoms with Crippen molar-refractivity contribution < 1.29 is 9.53 Å². The molecule has 0 bridgehead atoms. The highest BCUT2D eigenvalue weighted by molar-refractivity contribution is 5.73. The van der Waals surface area contributed by atoms with Gasteiger partial charge < -0.3 is 15.0 Å². The lowest BCUT2D eigenvalue weighted by Crippen LogP contribution is -2.36. The molecule has 3 heterocycles. The smallest absolute Gasteiger partial charge is 0.217 e. The van der Waals surface area contributed by atoms with E-state index in [0.717, 1.165) is 54.3 Å². The van der Waals surface area contributed by atoms with Gasteiger partial charge in [-0.1, -0.05) is 18.2 Å². The molecule has 4 rings (SSSR count). The van der Waals surface area contributed by atoms with E-state index in [1.807, 2.05) is 18.2 Å². The first kappa shape index (κ1) is 14.9. The Kier molecular flexibility index (Phi) is 3.80. The molecule has 1 aromatic carbocycles. The van der Waals surface area contributed by atoms with Crippen LogP contribution >= 0.6 is 0 Å². The van der Waals surface area contributed by atoms with Crippen molar-refractivity contribution in [2.24, 2.45) is 0 Å². The summed E-state index contributed by atoms with van der Waals surface area (Å²) in [7, 11) is 0. The fourth-order valence-corrected chi connectivity index (χ4v) is 3.50. The van der Waals surface area contributed by atoms with Crippen molar-refractivity contribution in [2.45, 2.75) is 32.4 Å². The minimum absolute atomic E-state index is 0.0192. The fourth-order valence-electron chi connectivity index (χ4n) is 3.50.